The van der Waals surface area contributed by atoms with Crippen molar-refractivity contribution in [3.63, 3.8) is 0 Å². The van der Waals surface area contributed by atoms with Crippen LogP contribution in [0.2, 0.25) is 0 Å². The minimum Gasteiger partial charge on any atom is -0.493 e. The normalized spacial score (nSPS) is 10.9. The number of rotatable bonds is 15. The lowest BCUT2D eigenvalue weighted by Crippen LogP contribution is -2.18. The first kappa shape index (κ1) is 49.3. The average molecular weight is 944 g/mol. The largest absolute Gasteiger partial charge is 0.493 e. The highest BCUT2D eigenvalue weighted by Crippen LogP contribution is 2.34. The topological polar surface area (TPSA) is 94.8 Å². The van der Waals surface area contributed by atoms with Gasteiger partial charge in [0.05, 0.1) is 36.0 Å². The summed E-state index contributed by atoms with van der Waals surface area (Å²) >= 11 is 0. The number of benzene rings is 3. The second kappa shape index (κ2) is 24.0. The highest BCUT2D eigenvalue weighted by molar-refractivity contribution is 5.93. The highest BCUT2D eigenvalue weighted by atomic mass is 16.5. The Bertz CT molecular complexity index is 3550. The van der Waals surface area contributed by atoms with Gasteiger partial charge in [0.2, 0.25) is 0 Å². The Kier molecular flexibility index (Phi) is 16.4. The van der Waals surface area contributed by atoms with Crippen molar-refractivity contribution in [3.05, 3.63) is 137 Å². The van der Waals surface area contributed by atoms with E-state index in [1.165, 1.54) is 16.7 Å². The van der Waals surface area contributed by atoms with Gasteiger partial charge in [0.15, 0.2) is 0 Å². The van der Waals surface area contributed by atoms with Gasteiger partial charge in [-0.25, -0.2) is 9.97 Å². The molecular formula is C62H53N7O3. The summed E-state index contributed by atoms with van der Waals surface area (Å²) in [7, 11) is 12.6. The summed E-state index contributed by atoms with van der Waals surface area (Å²) in [5, 5.41) is 0. The molecule has 3 aromatic heterocycles. The second-order valence-corrected chi connectivity index (χ2v) is 17.7. The van der Waals surface area contributed by atoms with Crippen molar-refractivity contribution in [2.75, 3.05) is 55.5 Å². The smallest absolute Gasteiger partial charge is 0.140 e. The molecule has 0 aliphatic carbocycles. The molecule has 3 aromatic carbocycles. The van der Waals surface area contributed by atoms with Crippen molar-refractivity contribution in [1.29, 1.82) is 0 Å². The van der Waals surface area contributed by atoms with Crippen LogP contribution in [0.5, 0.6) is 17.2 Å². The number of aromatic nitrogens is 4. The second-order valence-electron chi connectivity index (χ2n) is 17.7. The van der Waals surface area contributed by atoms with Gasteiger partial charge in [0, 0.05) is 100.0 Å². The highest BCUT2D eigenvalue weighted by Gasteiger charge is 2.17. The van der Waals surface area contributed by atoms with Gasteiger partial charge < -0.3 is 38.9 Å². The molecule has 354 valence electrons. The van der Waals surface area contributed by atoms with Crippen LogP contribution >= 0.6 is 0 Å². The SMILES string of the molecule is C#CC#CC#CC#CC#CC#COc1ccc(-c2c3nc(cc4ccc([nH]4)c(-c4ccc(OCCCOc5c(CN(C)C)cc(CN(C)C)cc5CN(C)C)cc4)c4nc(cc5ccc2[nH]5)C=C4)C=C3)cc1. The van der Waals surface area contributed by atoms with E-state index in [1.54, 1.807) is 0 Å². The van der Waals surface area contributed by atoms with E-state index in [4.69, 9.17) is 30.6 Å². The number of nitrogens with zero attached hydrogens (tertiary/aromatic N) is 5. The Morgan fingerprint density at radius 1 is 0.500 bits per heavy atom. The first-order valence-electron chi connectivity index (χ1n) is 23.4. The first-order chi connectivity index (χ1) is 35.1. The molecule has 2 aliphatic heterocycles. The van der Waals surface area contributed by atoms with Gasteiger partial charge in [0.25, 0.3) is 0 Å². The summed E-state index contributed by atoms with van der Waals surface area (Å²) in [6, 6.07) is 32.9. The molecule has 5 heterocycles. The van der Waals surface area contributed by atoms with Crippen molar-refractivity contribution in [2.24, 2.45) is 0 Å². The molecule has 8 rings (SSSR count). The van der Waals surface area contributed by atoms with Gasteiger partial charge in [-0.3, -0.25) is 0 Å². The Labute approximate surface area is 422 Å². The van der Waals surface area contributed by atoms with Crippen LogP contribution in [-0.4, -0.2) is 90.1 Å². The van der Waals surface area contributed by atoms with E-state index in [1.807, 2.05) is 66.8 Å². The predicted molar refractivity (Wildman–Crippen MR) is 292 cm³/mol. The summed E-state index contributed by atoms with van der Waals surface area (Å²) in [4.78, 5) is 24.1. The predicted octanol–water partition coefficient (Wildman–Crippen LogP) is 10.0. The molecule has 72 heavy (non-hydrogen) atoms. The molecule has 0 amide bonds. The van der Waals surface area contributed by atoms with E-state index < -0.39 is 0 Å². The van der Waals surface area contributed by atoms with E-state index in [0.29, 0.717) is 19.0 Å². The third-order valence-electron chi connectivity index (χ3n) is 11.1. The zero-order chi connectivity index (χ0) is 50.2. The fourth-order valence-corrected chi connectivity index (χ4v) is 8.26. The van der Waals surface area contributed by atoms with Gasteiger partial charge >= 0.3 is 0 Å². The lowest BCUT2D eigenvalue weighted by Gasteiger charge is -2.23. The van der Waals surface area contributed by atoms with Crippen molar-refractivity contribution in [2.45, 2.75) is 26.1 Å². The summed E-state index contributed by atoms with van der Waals surface area (Å²) < 4.78 is 18.5. The van der Waals surface area contributed by atoms with E-state index in [-0.39, 0.29) is 0 Å². The fraction of sp³-hybridized carbons (Fsp3) is 0.194. The minimum absolute atomic E-state index is 0.521. The van der Waals surface area contributed by atoms with Crippen molar-refractivity contribution < 1.29 is 14.2 Å². The van der Waals surface area contributed by atoms with Crippen LogP contribution < -0.4 is 14.2 Å². The number of hydrogen-bond acceptors (Lipinski definition) is 8. The Morgan fingerprint density at radius 2 is 0.972 bits per heavy atom. The number of H-pyrrole nitrogens is 2. The summed E-state index contributed by atoms with van der Waals surface area (Å²) in [5.74, 6) is 27.4. The lowest BCUT2D eigenvalue weighted by molar-refractivity contribution is 0.240. The molecule has 0 unspecified atom stereocenters. The number of aromatic amines is 2. The van der Waals surface area contributed by atoms with Crippen molar-refractivity contribution in [3.8, 4) is 111 Å². The standard InChI is InChI=1S/C62H53N7O3/c1-8-9-10-11-12-13-14-15-16-17-35-70-54-27-19-46(20-28-54)60-56-31-23-50(63-56)40-52-25-33-58(65-52)61(59-34-26-53(66-59)41-51-24-32-57(60)64-51)47-21-29-55(30-22-47)71-36-18-37-72-62-48(43-68(4)5)38-45(42-67(2)3)39-49(62)44-69(6)7/h1,19-34,38-41,63,66H,18,36-37,42-44H2,2-7H3. The maximum atomic E-state index is 6.56. The van der Waals surface area contributed by atoms with Crippen LogP contribution in [0.15, 0.2) is 97.1 Å². The van der Waals surface area contributed by atoms with Crippen LogP contribution in [0.3, 0.4) is 0 Å². The molecule has 0 spiro atoms. The first-order valence-corrected chi connectivity index (χ1v) is 23.4. The molecule has 2 N–H and O–H groups in total. The zero-order valence-corrected chi connectivity index (χ0v) is 41.3. The fourth-order valence-electron chi connectivity index (χ4n) is 8.26. The van der Waals surface area contributed by atoms with Crippen molar-refractivity contribution in [1.82, 2.24) is 34.6 Å². The molecule has 10 heteroatoms. The number of nitrogens with one attached hydrogen (secondary N) is 2. The molecule has 8 bridgehead atoms. The quantitative estimate of drug-likeness (QED) is 0.0776. The van der Waals surface area contributed by atoms with Gasteiger partial charge in [0.1, 0.15) is 23.4 Å². The number of hydrogen-bond donors (Lipinski definition) is 2. The van der Waals surface area contributed by atoms with Crippen LogP contribution in [0.4, 0.5) is 0 Å². The summed E-state index contributed by atoms with van der Waals surface area (Å²) in [6.45, 7) is 3.54. The van der Waals surface area contributed by atoms with Gasteiger partial charge in [-0.05, 0) is 186 Å². The average Bonchev–Trinajstić information content (AvgIpc) is 4.20. The molecule has 0 saturated carbocycles. The maximum Gasteiger partial charge on any atom is 0.140 e. The van der Waals surface area contributed by atoms with Crippen molar-refractivity contribution >= 4 is 46.4 Å². The summed E-state index contributed by atoms with van der Waals surface area (Å²) in [6.07, 6.45) is 16.6. The third-order valence-corrected chi connectivity index (χ3v) is 11.1. The molecular weight excluding hydrogens is 891 g/mol. The summed E-state index contributed by atoms with van der Waals surface area (Å²) in [5.41, 5.74) is 14.5. The third kappa shape index (κ3) is 13.4. The Hall–Kier alpha value is -9.10. The minimum atomic E-state index is 0.521. The Balaban J connectivity index is 1.01. The molecule has 10 nitrogen and oxygen atoms in total. The maximum absolute atomic E-state index is 6.56. The number of terminal acetylenes is 1. The number of fused-ring (bicyclic) bond motifs is 8. The Morgan fingerprint density at radius 3 is 1.47 bits per heavy atom. The van der Waals surface area contributed by atoms with Gasteiger partial charge in [-0.2, -0.15) is 0 Å². The van der Waals surface area contributed by atoms with Crippen LogP contribution in [0.25, 0.3) is 68.6 Å². The molecule has 6 aromatic rings. The van der Waals surface area contributed by atoms with E-state index >= 15 is 0 Å². The van der Waals surface area contributed by atoms with Crippen LogP contribution in [-0.2, 0) is 19.6 Å². The molecule has 2 aliphatic rings. The van der Waals surface area contributed by atoms with Crippen LogP contribution in [0, 0.1) is 71.7 Å². The van der Waals surface area contributed by atoms with E-state index in [0.717, 1.165) is 105 Å². The number of ether oxygens (including phenoxy) is 3. The zero-order valence-electron chi connectivity index (χ0n) is 41.3. The van der Waals surface area contributed by atoms with E-state index in [9.17, 15) is 0 Å². The monoisotopic (exact) mass is 943 g/mol. The molecule has 0 saturated heterocycles. The van der Waals surface area contributed by atoms with Crippen LogP contribution in [0.1, 0.15) is 45.9 Å². The molecule has 0 atom stereocenters. The van der Waals surface area contributed by atoms with E-state index in [2.05, 4.69) is 187 Å². The lowest BCUT2D eigenvalue weighted by atomic mass is 10.0. The molecule has 0 radical (unpaired) electrons. The molecule has 0 fully saturated rings. The van der Waals surface area contributed by atoms with Gasteiger partial charge in [-0.1, -0.05) is 24.3 Å². The van der Waals surface area contributed by atoms with Gasteiger partial charge in [-0.15, -0.1) is 6.42 Å².